The largest absolute Gasteiger partial charge is 0.372 e. The third-order valence-corrected chi connectivity index (χ3v) is 5.93. The van der Waals surface area contributed by atoms with Gasteiger partial charge in [0.1, 0.15) is 5.57 Å². The lowest BCUT2D eigenvalue weighted by molar-refractivity contribution is -0.122. The van der Waals surface area contributed by atoms with E-state index >= 15 is 0 Å². The van der Waals surface area contributed by atoms with E-state index in [4.69, 9.17) is 12.2 Å². The molecule has 2 amide bonds. The van der Waals surface area contributed by atoms with Gasteiger partial charge in [-0.15, -0.1) is 0 Å². The van der Waals surface area contributed by atoms with E-state index in [9.17, 15) is 9.59 Å². The van der Waals surface area contributed by atoms with Gasteiger partial charge in [-0.1, -0.05) is 28.1 Å². The summed E-state index contributed by atoms with van der Waals surface area (Å²) >= 11 is 8.61. The molecule has 2 fully saturated rings. The van der Waals surface area contributed by atoms with Crippen LogP contribution in [0, 0.1) is 0 Å². The highest BCUT2D eigenvalue weighted by atomic mass is 79.9. The number of anilines is 2. The molecule has 2 heterocycles. The number of carbonyl (C=O) groups is 2. The lowest BCUT2D eigenvalue weighted by atomic mass is 10.1. The van der Waals surface area contributed by atoms with Gasteiger partial charge in [-0.2, -0.15) is 0 Å². The summed E-state index contributed by atoms with van der Waals surface area (Å²) in [5.41, 5.74) is 2.64. The van der Waals surface area contributed by atoms with Gasteiger partial charge in [0, 0.05) is 23.2 Å². The number of hydrogen-bond acceptors (Lipinski definition) is 4. The fraction of sp³-hybridized carbons (Fsp3) is 0.227. The van der Waals surface area contributed by atoms with E-state index in [1.807, 2.05) is 36.4 Å². The summed E-state index contributed by atoms with van der Waals surface area (Å²) in [6, 6.07) is 15.2. The van der Waals surface area contributed by atoms with Crippen molar-refractivity contribution in [1.82, 2.24) is 5.32 Å². The van der Waals surface area contributed by atoms with Crippen LogP contribution in [-0.2, 0) is 9.59 Å². The van der Waals surface area contributed by atoms with E-state index in [2.05, 4.69) is 26.1 Å². The number of halogens is 1. The smallest absolute Gasteiger partial charge is 0.270 e. The van der Waals surface area contributed by atoms with Crippen molar-refractivity contribution in [1.29, 1.82) is 0 Å². The van der Waals surface area contributed by atoms with Crippen LogP contribution in [0.2, 0.25) is 0 Å². The van der Waals surface area contributed by atoms with Gasteiger partial charge < -0.3 is 4.90 Å². The maximum absolute atomic E-state index is 13.0. The Kier molecular flexibility index (Phi) is 5.78. The van der Waals surface area contributed by atoms with E-state index < -0.39 is 11.8 Å². The molecule has 2 saturated heterocycles. The van der Waals surface area contributed by atoms with Crippen LogP contribution < -0.4 is 15.1 Å². The highest BCUT2D eigenvalue weighted by Crippen LogP contribution is 2.25. The molecule has 0 atom stereocenters. The van der Waals surface area contributed by atoms with Crippen molar-refractivity contribution in [2.24, 2.45) is 0 Å². The average Bonchev–Trinajstić information content (AvgIpc) is 2.73. The number of rotatable bonds is 3. The van der Waals surface area contributed by atoms with Crippen molar-refractivity contribution in [3.63, 3.8) is 0 Å². The summed E-state index contributed by atoms with van der Waals surface area (Å²) in [6.07, 6.45) is 5.33. The first-order valence-corrected chi connectivity index (χ1v) is 10.7. The lowest BCUT2D eigenvalue weighted by Crippen LogP contribution is -2.54. The monoisotopic (exact) mass is 469 g/mol. The first-order chi connectivity index (χ1) is 14.0. The molecular weight excluding hydrogens is 450 g/mol. The Bertz CT molecular complexity index is 980. The van der Waals surface area contributed by atoms with E-state index in [1.165, 1.54) is 29.8 Å². The first-order valence-electron chi connectivity index (χ1n) is 9.55. The molecule has 0 bridgehead atoms. The zero-order valence-electron chi connectivity index (χ0n) is 15.7. The van der Waals surface area contributed by atoms with Crippen molar-refractivity contribution in [2.75, 3.05) is 22.9 Å². The lowest BCUT2D eigenvalue weighted by Gasteiger charge is -2.29. The summed E-state index contributed by atoms with van der Waals surface area (Å²) < 4.78 is 0.894. The zero-order chi connectivity index (χ0) is 20.4. The molecule has 0 saturated carbocycles. The van der Waals surface area contributed by atoms with Gasteiger partial charge in [0.25, 0.3) is 11.8 Å². The van der Waals surface area contributed by atoms with Crippen LogP contribution in [0.4, 0.5) is 11.4 Å². The Labute approximate surface area is 183 Å². The van der Waals surface area contributed by atoms with Gasteiger partial charge in [0.2, 0.25) is 0 Å². The van der Waals surface area contributed by atoms with Crippen LogP contribution in [0.5, 0.6) is 0 Å². The molecule has 1 N–H and O–H groups in total. The Morgan fingerprint density at radius 2 is 1.52 bits per heavy atom. The molecule has 148 valence electrons. The highest BCUT2D eigenvalue weighted by molar-refractivity contribution is 9.10. The quantitative estimate of drug-likeness (QED) is 0.414. The molecule has 5 nitrogen and oxygen atoms in total. The summed E-state index contributed by atoms with van der Waals surface area (Å²) in [6.45, 7) is 2.14. The second kappa shape index (κ2) is 8.47. The Hall–Kier alpha value is -2.51. The van der Waals surface area contributed by atoms with Gasteiger partial charge >= 0.3 is 0 Å². The minimum absolute atomic E-state index is 0.0623. The van der Waals surface area contributed by atoms with Crippen molar-refractivity contribution in [2.45, 2.75) is 19.3 Å². The predicted octanol–water partition coefficient (Wildman–Crippen LogP) is 4.27. The van der Waals surface area contributed by atoms with Gasteiger partial charge in [0.15, 0.2) is 5.11 Å². The summed E-state index contributed by atoms with van der Waals surface area (Å²) in [7, 11) is 0. The van der Waals surface area contributed by atoms with Crippen LogP contribution in [0.1, 0.15) is 24.8 Å². The van der Waals surface area contributed by atoms with Crippen LogP contribution in [-0.4, -0.2) is 30.0 Å². The van der Waals surface area contributed by atoms with Gasteiger partial charge in [-0.3, -0.25) is 19.8 Å². The Balaban J connectivity index is 1.59. The molecular formula is C22H20BrN3O2S. The molecule has 29 heavy (non-hydrogen) atoms. The fourth-order valence-corrected chi connectivity index (χ4v) is 4.13. The maximum atomic E-state index is 13.0. The molecule has 0 spiro atoms. The Morgan fingerprint density at radius 3 is 2.17 bits per heavy atom. The average molecular weight is 470 g/mol. The van der Waals surface area contributed by atoms with Crippen molar-refractivity contribution >= 4 is 62.5 Å². The van der Waals surface area contributed by atoms with Gasteiger partial charge in [-0.05, 0) is 79.5 Å². The van der Waals surface area contributed by atoms with E-state index in [0.29, 0.717) is 5.69 Å². The Morgan fingerprint density at radius 1 is 0.897 bits per heavy atom. The van der Waals surface area contributed by atoms with Gasteiger partial charge in [-0.25, -0.2) is 0 Å². The SMILES string of the molecule is O=C1NC(=S)N(c2ccc(Br)cc2)C(=O)/C1=C/c1ccc(N2CCCCC2)cc1. The number of hydrogen-bond donors (Lipinski definition) is 1. The van der Waals surface area contributed by atoms with Crippen LogP contribution in [0.3, 0.4) is 0 Å². The number of amides is 2. The molecule has 7 heteroatoms. The van der Waals surface area contributed by atoms with E-state index in [1.54, 1.807) is 18.2 Å². The van der Waals surface area contributed by atoms with Crippen molar-refractivity contribution in [3.05, 3.63) is 64.1 Å². The molecule has 2 aliphatic rings. The molecule has 2 aliphatic heterocycles. The number of thiocarbonyl (C=S) groups is 1. The summed E-state index contributed by atoms with van der Waals surface area (Å²) in [5, 5.41) is 2.70. The molecule has 4 rings (SSSR count). The number of nitrogens with zero attached hydrogens (tertiary/aromatic N) is 2. The number of piperidine rings is 1. The highest BCUT2D eigenvalue weighted by Gasteiger charge is 2.34. The number of benzene rings is 2. The van der Waals surface area contributed by atoms with E-state index in [-0.39, 0.29) is 10.7 Å². The molecule has 2 aromatic rings. The van der Waals surface area contributed by atoms with Crippen molar-refractivity contribution < 1.29 is 9.59 Å². The third kappa shape index (κ3) is 4.26. The first kappa shape index (κ1) is 19.8. The molecule has 2 aromatic carbocycles. The molecule has 0 unspecified atom stereocenters. The minimum Gasteiger partial charge on any atom is -0.372 e. The second-order valence-electron chi connectivity index (χ2n) is 7.07. The maximum Gasteiger partial charge on any atom is 0.270 e. The summed E-state index contributed by atoms with van der Waals surface area (Å²) in [5.74, 6) is -0.908. The standard InChI is InChI=1S/C22H20BrN3O2S/c23-16-6-10-18(11-7-16)26-21(28)19(20(27)24-22(26)29)14-15-4-8-17(9-5-15)25-12-2-1-3-13-25/h4-11,14H,1-3,12-13H2,(H,24,27,29)/b19-14+. The number of carbonyl (C=O) groups excluding carboxylic acids is 2. The molecule has 0 radical (unpaired) electrons. The van der Waals surface area contributed by atoms with Gasteiger partial charge in [0.05, 0.1) is 5.69 Å². The van der Waals surface area contributed by atoms with E-state index in [0.717, 1.165) is 23.1 Å². The molecule has 0 aromatic heterocycles. The van der Waals surface area contributed by atoms with Crippen molar-refractivity contribution in [3.8, 4) is 0 Å². The van der Waals surface area contributed by atoms with Crippen LogP contribution in [0.25, 0.3) is 6.08 Å². The van der Waals surface area contributed by atoms with Crippen LogP contribution >= 0.6 is 28.1 Å². The topological polar surface area (TPSA) is 52.7 Å². The normalized spacial score (nSPS) is 18.9. The summed E-state index contributed by atoms with van der Waals surface area (Å²) in [4.78, 5) is 29.2. The second-order valence-corrected chi connectivity index (χ2v) is 8.38. The predicted molar refractivity (Wildman–Crippen MR) is 123 cm³/mol. The zero-order valence-corrected chi connectivity index (χ0v) is 18.1. The third-order valence-electron chi connectivity index (χ3n) is 5.11. The number of nitrogens with one attached hydrogen (secondary N) is 1. The fourth-order valence-electron chi connectivity index (χ4n) is 3.58. The van der Waals surface area contributed by atoms with Crippen LogP contribution in [0.15, 0.2) is 58.6 Å². The molecule has 0 aliphatic carbocycles. The minimum atomic E-state index is -0.478.